The van der Waals surface area contributed by atoms with Crippen molar-refractivity contribution in [3.63, 3.8) is 0 Å². The molecule has 0 radical (unpaired) electrons. The molecule has 146 valence electrons. The molecule has 29 heavy (non-hydrogen) atoms. The van der Waals surface area contributed by atoms with Crippen LogP contribution in [-0.2, 0) is 21.5 Å². The molecule has 3 aromatic rings. The summed E-state index contributed by atoms with van der Waals surface area (Å²) in [7, 11) is 1.37. The van der Waals surface area contributed by atoms with Crippen molar-refractivity contribution in [1.82, 2.24) is 4.90 Å². The average molecular weight is 450 g/mol. The lowest BCUT2D eigenvalue weighted by Gasteiger charge is -2.46. The van der Waals surface area contributed by atoms with E-state index in [4.69, 9.17) is 4.74 Å². The highest BCUT2D eigenvalue weighted by Gasteiger charge is 2.53. The maximum absolute atomic E-state index is 13.6. The molecule has 1 atom stereocenters. The first kappa shape index (κ1) is 19.4. The standard InChI is InChI=1S/C24H20BrNO3/c1-29-23(28)24(19-8-3-2-4-9-19)21-10-6-5-7-17(21)15-16-26(24)22(27)18-11-13-20(25)14-12-18/h2-14H,15-16H2,1H3/t24-/m0/s1. The molecule has 1 aliphatic rings. The van der Waals surface area contributed by atoms with Crippen LogP contribution in [-0.4, -0.2) is 30.4 Å². The van der Waals surface area contributed by atoms with E-state index in [1.807, 2.05) is 66.7 Å². The Balaban J connectivity index is 1.98. The van der Waals surface area contributed by atoms with Crippen LogP contribution < -0.4 is 0 Å². The maximum atomic E-state index is 13.6. The Morgan fingerprint density at radius 1 is 0.931 bits per heavy atom. The van der Waals surface area contributed by atoms with Gasteiger partial charge in [-0.3, -0.25) is 4.79 Å². The van der Waals surface area contributed by atoms with Gasteiger partial charge in [-0.2, -0.15) is 0 Å². The van der Waals surface area contributed by atoms with Crippen molar-refractivity contribution in [2.45, 2.75) is 12.0 Å². The average Bonchev–Trinajstić information content (AvgIpc) is 2.78. The molecule has 4 nitrogen and oxygen atoms in total. The van der Waals surface area contributed by atoms with Gasteiger partial charge in [0, 0.05) is 16.6 Å². The molecule has 1 heterocycles. The van der Waals surface area contributed by atoms with Gasteiger partial charge in [0.1, 0.15) is 0 Å². The molecule has 0 N–H and O–H groups in total. The smallest absolute Gasteiger partial charge is 0.341 e. The number of halogens is 1. The summed E-state index contributed by atoms with van der Waals surface area (Å²) in [6.45, 7) is 0.413. The highest BCUT2D eigenvalue weighted by Crippen LogP contribution is 2.43. The van der Waals surface area contributed by atoms with Crippen molar-refractivity contribution >= 4 is 27.8 Å². The minimum atomic E-state index is -1.34. The predicted octanol–water partition coefficient (Wildman–Crippen LogP) is 4.56. The quantitative estimate of drug-likeness (QED) is 0.550. The number of fused-ring (bicyclic) bond motifs is 1. The summed E-state index contributed by atoms with van der Waals surface area (Å²) in [6, 6.07) is 24.4. The van der Waals surface area contributed by atoms with Crippen molar-refractivity contribution < 1.29 is 14.3 Å². The summed E-state index contributed by atoms with van der Waals surface area (Å²) in [6.07, 6.45) is 0.671. The number of carbonyl (C=O) groups is 2. The van der Waals surface area contributed by atoms with Gasteiger partial charge >= 0.3 is 5.97 Å². The molecular weight excluding hydrogens is 430 g/mol. The molecular formula is C24H20BrNO3. The molecule has 0 aliphatic carbocycles. The second kappa shape index (κ2) is 7.84. The topological polar surface area (TPSA) is 46.6 Å². The third-order valence-corrected chi connectivity index (χ3v) is 5.95. The molecule has 5 heteroatoms. The Bertz CT molecular complexity index is 1050. The molecule has 0 unspecified atom stereocenters. The largest absolute Gasteiger partial charge is 0.467 e. The first-order chi connectivity index (χ1) is 14.1. The van der Waals surface area contributed by atoms with Gasteiger partial charge in [0.2, 0.25) is 0 Å². The summed E-state index contributed by atoms with van der Waals surface area (Å²) in [5.74, 6) is -0.678. The van der Waals surface area contributed by atoms with Gasteiger partial charge in [-0.05, 0) is 47.4 Å². The summed E-state index contributed by atoms with van der Waals surface area (Å²) < 4.78 is 6.19. The van der Waals surface area contributed by atoms with Crippen molar-refractivity contribution in [3.8, 4) is 0 Å². The second-order valence-electron chi connectivity index (χ2n) is 6.94. The number of rotatable bonds is 3. The zero-order valence-electron chi connectivity index (χ0n) is 16.0. The first-order valence-corrected chi connectivity index (χ1v) is 10.2. The lowest BCUT2D eigenvalue weighted by Crippen LogP contribution is -2.59. The molecule has 4 rings (SSSR count). The number of amides is 1. The van der Waals surface area contributed by atoms with Crippen molar-refractivity contribution in [2.75, 3.05) is 13.7 Å². The van der Waals surface area contributed by atoms with Crippen LogP contribution in [0.3, 0.4) is 0 Å². The van der Waals surface area contributed by atoms with E-state index in [2.05, 4.69) is 15.9 Å². The van der Waals surface area contributed by atoms with Crippen LogP contribution in [0.2, 0.25) is 0 Å². The summed E-state index contributed by atoms with van der Waals surface area (Å²) in [5, 5.41) is 0. The number of nitrogens with zero attached hydrogens (tertiary/aromatic N) is 1. The fourth-order valence-electron chi connectivity index (χ4n) is 4.12. The Kier molecular flexibility index (Phi) is 5.24. The van der Waals surface area contributed by atoms with Crippen molar-refractivity contribution in [3.05, 3.63) is 106 Å². The van der Waals surface area contributed by atoms with E-state index in [-0.39, 0.29) is 5.91 Å². The lowest BCUT2D eigenvalue weighted by atomic mass is 9.75. The number of methoxy groups -OCH3 is 1. The molecule has 3 aromatic carbocycles. The van der Waals surface area contributed by atoms with E-state index in [0.717, 1.165) is 15.6 Å². The molecule has 1 amide bonds. The van der Waals surface area contributed by atoms with E-state index < -0.39 is 11.5 Å². The van der Waals surface area contributed by atoms with Crippen molar-refractivity contribution in [1.29, 1.82) is 0 Å². The van der Waals surface area contributed by atoms with E-state index >= 15 is 0 Å². The maximum Gasteiger partial charge on any atom is 0.341 e. The molecule has 0 fully saturated rings. The Hall–Kier alpha value is -2.92. The van der Waals surface area contributed by atoms with Crippen LogP contribution in [0.25, 0.3) is 0 Å². The van der Waals surface area contributed by atoms with Crippen LogP contribution in [0.4, 0.5) is 0 Å². The highest BCUT2D eigenvalue weighted by atomic mass is 79.9. The Morgan fingerprint density at radius 3 is 2.28 bits per heavy atom. The molecule has 0 spiro atoms. The van der Waals surface area contributed by atoms with Gasteiger partial charge in [-0.25, -0.2) is 4.79 Å². The number of hydrogen-bond donors (Lipinski definition) is 0. The number of esters is 1. The summed E-state index contributed by atoms with van der Waals surface area (Å²) in [5.41, 5.74) is 1.73. The number of benzene rings is 3. The minimum absolute atomic E-state index is 0.207. The fraction of sp³-hybridized carbons (Fsp3) is 0.167. The fourth-order valence-corrected chi connectivity index (χ4v) is 4.38. The van der Waals surface area contributed by atoms with Crippen LogP contribution in [0.1, 0.15) is 27.0 Å². The van der Waals surface area contributed by atoms with Crippen LogP contribution >= 0.6 is 15.9 Å². The molecule has 0 bridgehead atoms. The molecule has 0 saturated heterocycles. The molecule has 0 aromatic heterocycles. The van der Waals surface area contributed by atoms with E-state index in [0.29, 0.717) is 24.1 Å². The van der Waals surface area contributed by atoms with Crippen LogP contribution in [0, 0.1) is 0 Å². The third kappa shape index (κ3) is 3.15. The Labute approximate surface area is 178 Å². The second-order valence-corrected chi connectivity index (χ2v) is 7.85. The SMILES string of the molecule is COC(=O)[C@]1(c2ccccc2)c2ccccc2CCN1C(=O)c1ccc(Br)cc1. The van der Waals surface area contributed by atoms with Crippen LogP contribution in [0.15, 0.2) is 83.3 Å². The van der Waals surface area contributed by atoms with Gasteiger partial charge in [0.25, 0.3) is 5.91 Å². The van der Waals surface area contributed by atoms with E-state index in [1.165, 1.54) is 7.11 Å². The Morgan fingerprint density at radius 2 is 1.59 bits per heavy atom. The van der Waals surface area contributed by atoms with Gasteiger partial charge in [-0.1, -0.05) is 70.5 Å². The van der Waals surface area contributed by atoms with Gasteiger partial charge in [-0.15, -0.1) is 0 Å². The van der Waals surface area contributed by atoms with Gasteiger partial charge in [0.15, 0.2) is 5.54 Å². The normalized spacial score (nSPS) is 18.1. The lowest BCUT2D eigenvalue weighted by molar-refractivity contribution is -0.152. The van der Waals surface area contributed by atoms with Gasteiger partial charge in [0.05, 0.1) is 7.11 Å². The summed E-state index contributed by atoms with van der Waals surface area (Å²) >= 11 is 3.41. The minimum Gasteiger partial charge on any atom is -0.467 e. The first-order valence-electron chi connectivity index (χ1n) is 9.39. The molecule has 0 saturated carbocycles. The monoisotopic (exact) mass is 449 g/mol. The number of ether oxygens (including phenoxy) is 1. The zero-order valence-corrected chi connectivity index (χ0v) is 17.6. The van der Waals surface area contributed by atoms with E-state index in [1.54, 1.807) is 17.0 Å². The number of hydrogen-bond acceptors (Lipinski definition) is 3. The zero-order chi connectivity index (χ0) is 20.4. The predicted molar refractivity (Wildman–Crippen MR) is 115 cm³/mol. The van der Waals surface area contributed by atoms with Gasteiger partial charge < -0.3 is 9.64 Å². The molecule has 1 aliphatic heterocycles. The highest BCUT2D eigenvalue weighted by molar-refractivity contribution is 9.10. The van der Waals surface area contributed by atoms with Crippen molar-refractivity contribution in [2.24, 2.45) is 0 Å². The van der Waals surface area contributed by atoms with Crippen LogP contribution in [0.5, 0.6) is 0 Å². The number of carbonyl (C=O) groups excluding carboxylic acids is 2. The third-order valence-electron chi connectivity index (χ3n) is 5.43. The summed E-state index contributed by atoms with van der Waals surface area (Å²) in [4.78, 5) is 28.7. The van der Waals surface area contributed by atoms with E-state index in [9.17, 15) is 9.59 Å².